The van der Waals surface area contributed by atoms with Crippen LogP contribution in [-0.2, 0) is 6.42 Å². The summed E-state index contributed by atoms with van der Waals surface area (Å²) in [7, 11) is 0. The molecule has 1 aromatic carbocycles. The number of aromatic nitrogens is 2. The third-order valence-electron chi connectivity index (χ3n) is 2.87. The van der Waals surface area contributed by atoms with E-state index in [1.165, 1.54) is 10.9 Å². The van der Waals surface area contributed by atoms with Crippen LogP contribution in [0.25, 0.3) is 0 Å². The monoisotopic (exact) mass is 244 g/mol. The summed E-state index contributed by atoms with van der Waals surface area (Å²) in [5.41, 5.74) is 13.7. The fraction of sp³-hybridized carbons (Fsp3) is 0.231. The minimum Gasteiger partial charge on any atom is -0.396 e. The molecule has 0 aliphatic carbocycles. The van der Waals surface area contributed by atoms with Gasteiger partial charge in [0.05, 0.1) is 23.6 Å². The standard InChI is InChI=1S/C13H16N4O/c1-9-12(15)8-16-17(9)13(18)11(14)7-10-5-3-2-4-6-10/h2-6,8,11H,7,14-15H2,1H3/t11-/m0/s1. The molecule has 0 aliphatic heterocycles. The van der Waals surface area contributed by atoms with Gasteiger partial charge in [-0.15, -0.1) is 0 Å². The molecular formula is C13H16N4O. The van der Waals surface area contributed by atoms with Gasteiger partial charge < -0.3 is 11.5 Å². The molecule has 1 atom stereocenters. The molecule has 0 unspecified atom stereocenters. The molecule has 0 amide bonds. The first-order valence-corrected chi connectivity index (χ1v) is 5.73. The fourth-order valence-electron chi connectivity index (χ4n) is 1.76. The van der Waals surface area contributed by atoms with Gasteiger partial charge in [0.1, 0.15) is 0 Å². The molecule has 0 aliphatic rings. The van der Waals surface area contributed by atoms with E-state index in [0.29, 0.717) is 17.8 Å². The van der Waals surface area contributed by atoms with Crippen LogP contribution in [-0.4, -0.2) is 21.7 Å². The molecule has 0 radical (unpaired) electrons. The van der Waals surface area contributed by atoms with Crippen molar-refractivity contribution in [2.75, 3.05) is 5.73 Å². The largest absolute Gasteiger partial charge is 0.396 e. The van der Waals surface area contributed by atoms with Crippen molar-refractivity contribution in [1.82, 2.24) is 9.78 Å². The average Bonchev–Trinajstić information content (AvgIpc) is 2.70. The van der Waals surface area contributed by atoms with Gasteiger partial charge in [0.25, 0.3) is 5.91 Å². The van der Waals surface area contributed by atoms with E-state index < -0.39 is 6.04 Å². The SMILES string of the molecule is Cc1c(N)cnn1C(=O)[C@@H](N)Cc1ccccc1. The predicted molar refractivity (Wildman–Crippen MR) is 70.1 cm³/mol. The van der Waals surface area contributed by atoms with Gasteiger partial charge in [0.15, 0.2) is 0 Å². The summed E-state index contributed by atoms with van der Waals surface area (Å²) in [5.74, 6) is -0.243. The number of nitrogens with two attached hydrogens (primary N) is 2. The first kappa shape index (κ1) is 12.3. The van der Waals surface area contributed by atoms with Gasteiger partial charge in [0.2, 0.25) is 0 Å². The minimum absolute atomic E-state index is 0.243. The van der Waals surface area contributed by atoms with E-state index in [1.807, 2.05) is 30.3 Å². The van der Waals surface area contributed by atoms with Crippen LogP contribution in [0.5, 0.6) is 0 Å². The normalized spacial score (nSPS) is 12.3. The molecule has 0 spiro atoms. The summed E-state index contributed by atoms with van der Waals surface area (Å²) >= 11 is 0. The number of benzene rings is 1. The molecular weight excluding hydrogens is 228 g/mol. The number of rotatable bonds is 3. The molecule has 0 saturated carbocycles. The van der Waals surface area contributed by atoms with Crippen molar-refractivity contribution < 1.29 is 4.79 Å². The van der Waals surface area contributed by atoms with Gasteiger partial charge in [-0.3, -0.25) is 4.79 Å². The quantitative estimate of drug-likeness (QED) is 0.842. The second-order valence-electron chi connectivity index (χ2n) is 4.23. The third-order valence-corrected chi connectivity index (χ3v) is 2.87. The van der Waals surface area contributed by atoms with Gasteiger partial charge in [-0.25, -0.2) is 4.68 Å². The topological polar surface area (TPSA) is 86.9 Å². The second kappa shape index (κ2) is 5.01. The number of carbonyl (C=O) groups is 1. The van der Waals surface area contributed by atoms with Crippen molar-refractivity contribution in [1.29, 1.82) is 0 Å². The van der Waals surface area contributed by atoms with Gasteiger partial charge in [-0.1, -0.05) is 30.3 Å². The summed E-state index contributed by atoms with van der Waals surface area (Å²) in [6.07, 6.45) is 1.95. The Bertz CT molecular complexity index is 547. The number of carbonyl (C=O) groups excluding carboxylic acids is 1. The summed E-state index contributed by atoms with van der Waals surface area (Å²) in [4.78, 5) is 12.1. The minimum atomic E-state index is -0.620. The lowest BCUT2D eigenvalue weighted by molar-refractivity contribution is 0.0860. The first-order valence-electron chi connectivity index (χ1n) is 5.73. The van der Waals surface area contributed by atoms with Gasteiger partial charge in [-0.05, 0) is 18.9 Å². The highest BCUT2D eigenvalue weighted by atomic mass is 16.2. The van der Waals surface area contributed by atoms with E-state index in [1.54, 1.807) is 6.92 Å². The molecule has 2 aromatic rings. The molecule has 0 fully saturated rings. The summed E-state index contributed by atoms with van der Waals surface area (Å²) in [6, 6.07) is 9.03. The number of anilines is 1. The Labute approximate surface area is 105 Å². The van der Waals surface area contributed by atoms with Gasteiger partial charge >= 0.3 is 0 Å². The fourth-order valence-corrected chi connectivity index (χ4v) is 1.76. The van der Waals surface area contributed by atoms with Crippen LogP contribution >= 0.6 is 0 Å². The lowest BCUT2D eigenvalue weighted by atomic mass is 10.1. The van der Waals surface area contributed by atoms with E-state index in [4.69, 9.17) is 11.5 Å². The molecule has 18 heavy (non-hydrogen) atoms. The zero-order chi connectivity index (χ0) is 13.1. The van der Waals surface area contributed by atoms with Crippen LogP contribution in [0.4, 0.5) is 5.69 Å². The van der Waals surface area contributed by atoms with Crippen LogP contribution < -0.4 is 11.5 Å². The number of hydrogen-bond donors (Lipinski definition) is 2. The molecule has 5 nitrogen and oxygen atoms in total. The Morgan fingerprint density at radius 1 is 1.39 bits per heavy atom. The van der Waals surface area contributed by atoms with Crippen LogP contribution in [0, 0.1) is 6.92 Å². The van der Waals surface area contributed by atoms with E-state index in [0.717, 1.165) is 5.56 Å². The highest BCUT2D eigenvalue weighted by Gasteiger charge is 2.19. The van der Waals surface area contributed by atoms with Crippen LogP contribution in [0.15, 0.2) is 36.5 Å². The summed E-state index contributed by atoms with van der Waals surface area (Å²) in [6.45, 7) is 1.75. The molecule has 2 rings (SSSR count). The molecule has 0 saturated heterocycles. The van der Waals surface area contributed by atoms with E-state index in [2.05, 4.69) is 5.10 Å². The molecule has 0 bridgehead atoms. The summed E-state index contributed by atoms with van der Waals surface area (Å²) < 4.78 is 1.27. The van der Waals surface area contributed by atoms with Gasteiger partial charge in [0, 0.05) is 0 Å². The van der Waals surface area contributed by atoms with Crippen LogP contribution in [0.1, 0.15) is 16.1 Å². The van der Waals surface area contributed by atoms with Crippen LogP contribution in [0.3, 0.4) is 0 Å². The lowest BCUT2D eigenvalue weighted by Crippen LogP contribution is -2.37. The van der Waals surface area contributed by atoms with Crippen LogP contribution in [0.2, 0.25) is 0 Å². The van der Waals surface area contributed by atoms with Crippen molar-refractivity contribution in [3.05, 3.63) is 47.8 Å². The molecule has 4 N–H and O–H groups in total. The first-order chi connectivity index (χ1) is 8.59. The highest BCUT2D eigenvalue weighted by molar-refractivity contribution is 5.85. The van der Waals surface area contributed by atoms with Gasteiger partial charge in [-0.2, -0.15) is 5.10 Å². The highest BCUT2D eigenvalue weighted by Crippen LogP contribution is 2.10. The number of nitrogens with zero attached hydrogens (tertiary/aromatic N) is 2. The van der Waals surface area contributed by atoms with E-state index in [-0.39, 0.29) is 5.91 Å². The Morgan fingerprint density at radius 3 is 2.61 bits per heavy atom. The van der Waals surface area contributed by atoms with Crippen molar-refractivity contribution in [2.45, 2.75) is 19.4 Å². The predicted octanol–water partition coefficient (Wildman–Crippen LogP) is 0.984. The maximum Gasteiger partial charge on any atom is 0.264 e. The maximum absolute atomic E-state index is 12.1. The Morgan fingerprint density at radius 2 is 2.06 bits per heavy atom. The average molecular weight is 244 g/mol. The van der Waals surface area contributed by atoms with Crippen molar-refractivity contribution >= 4 is 11.6 Å². The summed E-state index contributed by atoms with van der Waals surface area (Å²) in [5, 5.41) is 3.94. The Hall–Kier alpha value is -2.14. The maximum atomic E-state index is 12.1. The second-order valence-corrected chi connectivity index (χ2v) is 4.23. The molecule has 94 valence electrons. The zero-order valence-electron chi connectivity index (χ0n) is 10.2. The number of nitrogen functional groups attached to an aromatic ring is 1. The number of hydrogen-bond acceptors (Lipinski definition) is 4. The Balaban J connectivity index is 2.12. The van der Waals surface area contributed by atoms with Crippen molar-refractivity contribution in [2.24, 2.45) is 5.73 Å². The van der Waals surface area contributed by atoms with Crippen molar-refractivity contribution in [3.63, 3.8) is 0 Å². The Kier molecular flexibility index (Phi) is 3.43. The molecule has 1 heterocycles. The third kappa shape index (κ3) is 2.41. The van der Waals surface area contributed by atoms with Crippen molar-refractivity contribution in [3.8, 4) is 0 Å². The zero-order valence-corrected chi connectivity index (χ0v) is 10.2. The lowest BCUT2D eigenvalue weighted by Gasteiger charge is -2.11. The van der Waals surface area contributed by atoms with E-state index in [9.17, 15) is 4.79 Å². The molecule has 1 aromatic heterocycles. The smallest absolute Gasteiger partial charge is 0.264 e. The molecule has 5 heteroatoms. The van der Waals surface area contributed by atoms with E-state index >= 15 is 0 Å².